The van der Waals surface area contributed by atoms with Crippen LogP contribution in [0.4, 0.5) is 0 Å². The second kappa shape index (κ2) is 4.88. The molecule has 1 heterocycles. The molecular formula is C13H17N5. The summed E-state index contributed by atoms with van der Waals surface area (Å²) in [5, 5.41) is 8.79. The van der Waals surface area contributed by atoms with Crippen molar-refractivity contribution in [2.75, 3.05) is 0 Å². The van der Waals surface area contributed by atoms with Crippen LogP contribution in [-0.2, 0) is 0 Å². The standard InChI is InChI=1S/C13H17N5/c14-16-12(8-10-6-7-10)13-9-15-18(17-13)11-4-2-1-3-5-11/h1-5,9-10,12,16H,6-8,14H2. The fourth-order valence-corrected chi connectivity index (χ4v) is 2.08. The molecule has 0 bridgehead atoms. The van der Waals surface area contributed by atoms with E-state index in [0.29, 0.717) is 0 Å². The van der Waals surface area contributed by atoms with Crippen LogP contribution in [0.1, 0.15) is 31.0 Å². The lowest BCUT2D eigenvalue weighted by Gasteiger charge is -2.11. The van der Waals surface area contributed by atoms with Crippen LogP contribution in [0.2, 0.25) is 0 Å². The van der Waals surface area contributed by atoms with Crippen molar-refractivity contribution in [3.63, 3.8) is 0 Å². The summed E-state index contributed by atoms with van der Waals surface area (Å²) in [6, 6.07) is 9.99. The Balaban J connectivity index is 1.79. The lowest BCUT2D eigenvalue weighted by Crippen LogP contribution is -2.28. The van der Waals surface area contributed by atoms with E-state index in [4.69, 9.17) is 5.84 Å². The minimum absolute atomic E-state index is 0.106. The molecule has 0 amide bonds. The summed E-state index contributed by atoms with van der Waals surface area (Å²) in [4.78, 5) is 1.65. The van der Waals surface area contributed by atoms with E-state index in [-0.39, 0.29) is 6.04 Å². The summed E-state index contributed by atoms with van der Waals surface area (Å²) in [5.74, 6) is 6.40. The van der Waals surface area contributed by atoms with Crippen molar-refractivity contribution in [1.82, 2.24) is 20.4 Å². The van der Waals surface area contributed by atoms with E-state index in [1.807, 2.05) is 30.3 Å². The minimum atomic E-state index is 0.106. The number of hydrogen-bond acceptors (Lipinski definition) is 4. The first-order chi connectivity index (χ1) is 8.86. The number of nitrogens with zero attached hydrogens (tertiary/aromatic N) is 3. The third-order valence-corrected chi connectivity index (χ3v) is 3.32. The van der Waals surface area contributed by atoms with Gasteiger partial charge >= 0.3 is 0 Å². The van der Waals surface area contributed by atoms with Crippen LogP contribution in [0.3, 0.4) is 0 Å². The lowest BCUT2D eigenvalue weighted by atomic mass is 10.1. The Labute approximate surface area is 106 Å². The van der Waals surface area contributed by atoms with Crippen LogP contribution in [0.5, 0.6) is 0 Å². The van der Waals surface area contributed by atoms with Gasteiger partial charge in [-0.15, -0.1) is 0 Å². The molecule has 5 heteroatoms. The molecule has 2 aromatic rings. The van der Waals surface area contributed by atoms with Crippen molar-refractivity contribution in [1.29, 1.82) is 0 Å². The van der Waals surface area contributed by atoms with Crippen LogP contribution in [0.15, 0.2) is 36.5 Å². The Morgan fingerprint density at radius 1 is 1.33 bits per heavy atom. The van der Waals surface area contributed by atoms with Gasteiger partial charge in [-0.25, -0.2) is 0 Å². The highest BCUT2D eigenvalue weighted by molar-refractivity contribution is 5.28. The van der Waals surface area contributed by atoms with Crippen molar-refractivity contribution in [2.45, 2.75) is 25.3 Å². The van der Waals surface area contributed by atoms with E-state index in [2.05, 4.69) is 15.6 Å². The molecule has 94 valence electrons. The van der Waals surface area contributed by atoms with Gasteiger partial charge in [0.25, 0.3) is 0 Å². The van der Waals surface area contributed by atoms with Gasteiger partial charge in [0.1, 0.15) is 5.69 Å². The topological polar surface area (TPSA) is 68.8 Å². The SMILES string of the molecule is NNC(CC1CC1)c1cnn(-c2ccccc2)n1. The van der Waals surface area contributed by atoms with Crippen molar-refractivity contribution >= 4 is 0 Å². The predicted molar refractivity (Wildman–Crippen MR) is 68.8 cm³/mol. The van der Waals surface area contributed by atoms with Gasteiger partial charge in [0.2, 0.25) is 0 Å². The molecule has 1 unspecified atom stereocenters. The highest BCUT2D eigenvalue weighted by Crippen LogP contribution is 2.36. The number of aromatic nitrogens is 3. The molecule has 1 atom stereocenters. The summed E-state index contributed by atoms with van der Waals surface area (Å²) in [7, 11) is 0. The van der Waals surface area contributed by atoms with Crippen molar-refractivity contribution in [3.05, 3.63) is 42.2 Å². The maximum Gasteiger partial charge on any atom is 0.101 e. The molecule has 3 N–H and O–H groups in total. The van der Waals surface area contributed by atoms with Gasteiger partial charge in [0, 0.05) is 0 Å². The first-order valence-electron chi connectivity index (χ1n) is 6.30. The van der Waals surface area contributed by atoms with E-state index >= 15 is 0 Å². The Morgan fingerprint density at radius 3 is 2.78 bits per heavy atom. The average molecular weight is 243 g/mol. The monoisotopic (exact) mass is 243 g/mol. The predicted octanol–water partition coefficient (Wildman–Crippen LogP) is 1.57. The molecule has 5 nitrogen and oxygen atoms in total. The minimum Gasteiger partial charge on any atom is -0.271 e. The van der Waals surface area contributed by atoms with Crippen LogP contribution in [-0.4, -0.2) is 15.0 Å². The molecule has 1 aliphatic rings. The van der Waals surface area contributed by atoms with E-state index in [1.165, 1.54) is 12.8 Å². The number of hydrazine groups is 1. The second-order valence-corrected chi connectivity index (χ2v) is 4.79. The van der Waals surface area contributed by atoms with Gasteiger partial charge in [0.15, 0.2) is 0 Å². The van der Waals surface area contributed by atoms with Gasteiger partial charge in [-0.3, -0.25) is 11.3 Å². The average Bonchev–Trinajstić information content (AvgIpc) is 3.11. The third kappa shape index (κ3) is 2.42. The second-order valence-electron chi connectivity index (χ2n) is 4.79. The van der Waals surface area contributed by atoms with Gasteiger partial charge in [-0.05, 0) is 24.5 Å². The molecule has 0 saturated heterocycles. The molecule has 1 aromatic carbocycles. The van der Waals surface area contributed by atoms with E-state index in [1.54, 1.807) is 11.0 Å². The lowest BCUT2D eigenvalue weighted by molar-refractivity contribution is 0.473. The molecular weight excluding hydrogens is 226 g/mol. The van der Waals surface area contributed by atoms with E-state index in [0.717, 1.165) is 23.7 Å². The summed E-state index contributed by atoms with van der Waals surface area (Å²) in [6.07, 6.45) is 5.46. The Morgan fingerprint density at radius 2 is 2.11 bits per heavy atom. The van der Waals surface area contributed by atoms with E-state index in [9.17, 15) is 0 Å². The maximum atomic E-state index is 5.60. The fourth-order valence-electron chi connectivity index (χ4n) is 2.08. The van der Waals surface area contributed by atoms with Gasteiger partial charge in [-0.1, -0.05) is 31.0 Å². The number of para-hydroxylation sites is 1. The van der Waals surface area contributed by atoms with Crippen LogP contribution in [0, 0.1) is 5.92 Å². The normalized spacial score (nSPS) is 16.7. The third-order valence-electron chi connectivity index (χ3n) is 3.32. The zero-order valence-corrected chi connectivity index (χ0v) is 10.2. The Hall–Kier alpha value is -1.72. The van der Waals surface area contributed by atoms with Crippen LogP contribution < -0.4 is 11.3 Å². The zero-order valence-electron chi connectivity index (χ0n) is 10.2. The quantitative estimate of drug-likeness (QED) is 0.618. The van der Waals surface area contributed by atoms with Gasteiger partial charge in [-0.2, -0.15) is 15.0 Å². The number of nitrogens with two attached hydrogens (primary N) is 1. The van der Waals surface area contributed by atoms with E-state index < -0.39 is 0 Å². The van der Waals surface area contributed by atoms with Crippen LogP contribution in [0.25, 0.3) is 5.69 Å². The Kier molecular flexibility index (Phi) is 3.08. The van der Waals surface area contributed by atoms with Crippen molar-refractivity contribution < 1.29 is 0 Å². The van der Waals surface area contributed by atoms with Crippen molar-refractivity contribution in [3.8, 4) is 5.69 Å². The highest BCUT2D eigenvalue weighted by Gasteiger charge is 2.27. The molecule has 0 aliphatic heterocycles. The molecule has 1 aliphatic carbocycles. The largest absolute Gasteiger partial charge is 0.271 e. The highest BCUT2D eigenvalue weighted by atomic mass is 15.5. The summed E-state index contributed by atoms with van der Waals surface area (Å²) in [6.45, 7) is 0. The number of hydrogen-bond donors (Lipinski definition) is 2. The number of benzene rings is 1. The zero-order chi connectivity index (χ0) is 12.4. The molecule has 1 fully saturated rings. The molecule has 18 heavy (non-hydrogen) atoms. The van der Waals surface area contributed by atoms with Crippen LogP contribution >= 0.6 is 0 Å². The Bertz CT molecular complexity index is 503. The fraction of sp³-hybridized carbons (Fsp3) is 0.385. The molecule has 0 radical (unpaired) electrons. The molecule has 1 aromatic heterocycles. The smallest absolute Gasteiger partial charge is 0.101 e. The first-order valence-corrected chi connectivity index (χ1v) is 6.30. The van der Waals surface area contributed by atoms with Gasteiger partial charge < -0.3 is 0 Å². The first kappa shape index (κ1) is 11.4. The van der Waals surface area contributed by atoms with Crippen molar-refractivity contribution in [2.24, 2.45) is 11.8 Å². The summed E-state index contributed by atoms with van der Waals surface area (Å²) < 4.78 is 0. The summed E-state index contributed by atoms with van der Waals surface area (Å²) >= 11 is 0. The molecule has 3 rings (SSSR count). The van der Waals surface area contributed by atoms with Gasteiger partial charge in [0.05, 0.1) is 17.9 Å². The molecule has 0 spiro atoms. The number of nitrogens with one attached hydrogen (secondary N) is 1. The maximum absolute atomic E-state index is 5.60. The summed E-state index contributed by atoms with van der Waals surface area (Å²) in [5.41, 5.74) is 4.71. The molecule has 1 saturated carbocycles. The number of rotatable bonds is 5.